The summed E-state index contributed by atoms with van der Waals surface area (Å²) in [5.74, 6) is 3.19. The lowest BCUT2D eigenvalue weighted by atomic mass is 9.94. The normalized spacial score (nSPS) is 16.2. The molecule has 2 amide bonds. The van der Waals surface area contributed by atoms with Crippen LogP contribution >= 0.6 is 35.3 Å². The van der Waals surface area contributed by atoms with Gasteiger partial charge in [-0.3, -0.25) is 24.0 Å². The van der Waals surface area contributed by atoms with Crippen LogP contribution in [0.4, 0.5) is 0 Å². The molecule has 1 saturated heterocycles. The topological polar surface area (TPSA) is 110 Å². The summed E-state index contributed by atoms with van der Waals surface area (Å²) in [6.45, 7) is 10.4. The summed E-state index contributed by atoms with van der Waals surface area (Å²) in [5.41, 5.74) is 1.82. The SMILES string of the molecule is [CH2]CCN1C(=O)[C@H](Cc2ccc(OCCCSC(C)=O)cc2)N(CCCSC(C)=O)C(=O)[C@@H]1Cc1ccc(OCCCSC(C)=O)cc1. The number of hydrogen-bond donors (Lipinski definition) is 0. The average molecular weight is 716 g/mol. The van der Waals surface area contributed by atoms with Crippen LogP contribution in [0.2, 0.25) is 0 Å². The Hall–Kier alpha value is -2.96. The molecule has 0 saturated carbocycles. The molecular weight excluding hydrogens is 669 g/mol. The van der Waals surface area contributed by atoms with E-state index in [4.69, 9.17) is 9.47 Å². The summed E-state index contributed by atoms with van der Waals surface area (Å²) in [4.78, 5) is 65.5. The van der Waals surface area contributed by atoms with Gasteiger partial charge in [0.05, 0.1) is 13.2 Å². The van der Waals surface area contributed by atoms with E-state index in [0.29, 0.717) is 80.7 Å². The summed E-state index contributed by atoms with van der Waals surface area (Å²) >= 11 is 3.79. The molecule has 3 rings (SSSR count). The van der Waals surface area contributed by atoms with Crippen molar-refractivity contribution < 1.29 is 33.4 Å². The highest BCUT2D eigenvalue weighted by molar-refractivity contribution is 8.14. The molecule has 0 N–H and O–H groups in total. The molecule has 9 nitrogen and oxygen atoms in total. The second-order valence-corrected chi connectivity index (χ2v) is 15.2. The molecule has 1 heterocycles. The first-order valence-corrected chi connectivity index (χ1v) is 19.3. The van der Waals surface area contributed by atoms with Crippen LogP contribution in [0, 0.1) is 6.92 Å². The zero-order chi connectivity index (χ0) is 34.9. The lowest BCUT2D eigenvalue weighted by molar-refractivity contribution is -0.161. The average Bonchev–Trinajstić information content (AvgIpc) is 3.05. The maximum absolute atomic E-state index is 14.2. The summed E-state index contributed by atoms with van der Waals surface area (Å²) in [6, 6.07) is 13.8. The summed E-state index contributed by atoms with van der Waals surface area (Å²) in [5, 5.41) is 0.210. The van der Waals surface area contributed by atoms with Crippen LogP contribution in [0.25, 0.3) is 0 Å². The molecule has 2 aromatic carbocycles. The number of ether oxygens (including phenoxy) is 2. The third kappa shape index (κ3) is 13.5. The molecule has 0 unspecified atom stereocenters. The van der Waals surface area contributed by atoms with Crippen LogP contribution in [0.3, 0.4) is 0 Å². The fourth-order valence-corrected chi connectivity index (χ4v) is 6.98. The Balaban J connectivity index is 1.71. The van der Waals surface area contributed by atoms with Gasteiger partial charge in [0.25, 0.3) is 0 Å². The summed E-state index contributed by atoms with van der Waals surface area (Å²) in [7, 11) is 0. The van der Waals surface area contributed by atoms with E-state index in [1.54, 1.807) is 23.6 Å². The number of amides is 2. The lowest BCUT2D eigenvalue weighted by Gasteiger charge is -2.45. The molecule has 48 heavy (non-hydrogen) atoms. The summed E-state index contributed by atoms with van der Waals surface area (Å²) < 4.78 is 11.6. The molecule has 0 spiro atoms. The maximum Gasteiger partial charge on any atom is 0.246 e. The molecule has 261 valence electrons. The number of piperazine rings is 1. The predicted molar refractivity (Wildman–Crippen MR) is 196 cm³/mol. The Morgan fingerprint density at radius 1 is 0.625 bits per heavy atom. The molecule has 1 fully saturated rings. The van der Waals surface area contributed by atoms with E-state index in [1.165, 1.54) is 42.2 Å². The fourth-order valence-electron chi connectivity index (χ4n) is 5.32. The van der Waals surface area contributed by atoms with Crippen molar-refractivity contribution in [2.75, 3.05) is 43.6 Å². The Labute approximate surface area is 297 Å². The van der Waals surface area contributed by atoms with E-state index in [1.807, 2.05) is 48.5 Å². The van der Waals surface area contributed by atoms with Gasteiger partial charge in [0.15, 0.2) is 15.3 Å². The number of thioether (sulfide) groups is 3. The van der Waals surface area contributed by atoms with Crippen molar-refractivity contribution in [3.63, 3.8) is 0 Å². The molecule has 1 aliphatic rings. The van der Waals surface area contributed by atoms with E-state index in [-0.39, 0.29) is 27.2 Å². The molecule has 0 aromatic heterocycles. The Bertz CT molecular complexity index is 1350. The number of hydrogen-bond acceptors (Lipinski definition) is 10. The highest BCUT2D eigenvalue weighted by Gasteiger charge is 2.45. The second-order valence-electron chi connectivity index (χ2n) is 11.4. The van der Waals surface area contributed by atoms with E-state index in [9.17, 15) is 24.0 Å². The molecule has 2 aromatic rings. The number of nitrogens with zero attached hydrogens (tertiary/aromatic N) is 2. The van der Waals surface area contributed by atoms with Crippen LogP contribution in [0.1, 0.15) is 57.6 Å². The van der Waals surface area contributed by atoms with Gasteiger partial charge in [0, 0.05) is 64.0 Å². The summed E-state index contributed by atoms with van der Waals surface area (Å²) in [6.07, 6.45) is 3.30. The van der Waals surface area contributed by atoms with Gasteiger partial charge in [-0.25, -0.2) is 0 Å². The minimum Gasteiger partial charge on any atom is -0.494 e. The number of rotatable bonds is 20. The molecular formula is C36H47N2O7S3. The molecule has 0 bridgehead atoms. The van der Waals surface area contributed by atoms with Crippen molar-refractivity contribution in [3.05, 3.63) is 66.6 Å². The van der Waals surface area contributed by atoms with Crippen molar-refractivity contribution in [2.45, 2.75) is 71.4 Å². The van der Waals surface area contributed by atoms with Gasteiger partial charge in [-0.15, -0.1) is 0 Å². The molecule has 12 heteroatoms. The van der Waals surface area contributed by atoms with Crippen molar-refractivity contribution in [3.8, 4) is 11.5 Å². The number of carbonyl (C=O) groups is 5. The van der Waals surface area contributed by atoms with E-state index < -0.39 is 12.1 Å². The highest BCUT2D eigenvalue weighted by Crippen LogP contribution is 2.27. The van der Waals surface area contributed by atoms with Crippen molar-refractivity contribution in [2.24, 2.45) is 0 Å². The van der Waals surface area contributed by atoms with Crippen molar-refractivity contribution >= 4 is 62.4 Å². The van der Waals surface area contributed by atoms with Gasteiger partial charge >= 0.3 is 0 Å². The minimum atomic E-state index is -0.671. The molecule has 1 aliphatic heterocycles. The fraction of sp³-hybridized carbons (Fsp3) is 0.500. The van der Waals surface area contributed by atoms with E-state index in [2.05, 4.69) is 6.92 Å². The lowest BCUT2D eigenvalue weighted by Crippen LogP contribution is -2.66. The van der Waals surface area contributed by atoms with Gasteiger partial charge in [-0.2, -0.15) is 0 Å². The first kappa shape index (κ1) is 39.5. The highest BCUT2D eigenvalue weighted by atomic mass is 32.2. The van der Waals surface area contributed by atoms with E-state index >= 15 is 0 Å². The van der Waals surface area contributed by atoms with Gasteiger partial charge < -0.3 is 19.3 Å². The maximum atomic E-state index is 14.2. The van der Waals surface area contributed by atoms with Gasteiger partial charge in [0.2, 0.25) is 11.8 Å². The molecule has 1 radical (unpaired) electrons. The van der Waals surface area contributed by atoms with Crippen LogP contribution in [-0.4, -0.2) is 92.6 Å². The Morgan fingerprint density at radius 3 is 1.38 bits per heavy atom. The number of benzene rings is 2. The van der Waals surface area contributed by atoms with Gasteiger partial charge in [-0.05, 0) is 61.1 Å². The third-order valence-corrected chi connectivity index (χ3v) is 10.3. The molecule has 2 atom stereocenters. The van der Waals surface area contributed by atoms with Crippen molar-refractivity contribution in [1.29, 1.82) is 0 Å². The van der Waals surface area contributed by atoms with Gasteiger partial charge in [-0.1, -0.05) is 66.5 Å². The zero-order valence-electron chi connectivity index (χ0n) is 28.1. The van der Waals surface area contributed by atoms with Crippen LogP contribution in [0.15, 0.2) is 48.5 Å². The first-order chi connectivity index (χ1) is 23.1. The quantitative estimate of drug-likeness (QED) is 0.155. The Morgan fingerprint density at radius 2 is 1.00 bits per heavy atom. The zero-order valence-corrected chi connectivity index (χ0v) is 30.6. The molecule has 0 aliphatic carbocycles. The minimum absolute atomic E-state index is 0.0226. The third-order valence-electron chi connectivity index (χ3n) is 7.57. The van der Waals surface area contributed by atoms with Gasteiger partial charge in [0.1, 0.15) is 23.6 Å². The second kappa shape index (κ2) is 21.2. The Kier molecular flexibility index (Phi) is 17.4. The predicted octanol–water partition coefficient (Wildman–Crippen LogP) is 5.87. The standard InChI is InChI=1S/C36H47N2O7S3/c1-5-17-37-33(24-29-9-13-31(14-10-29)44-19-7-22-47-27(3)40)36(43)38(18-6-21-46-26(2)39)34(35(37)42)25-30-11-15-32(16-12-30)45-20-8-23-48-28(4)41/h9-16,33-34H,1,5-8,17-25H2,2-4H3/t33-,34-/m0/s1. The smallest absolute Gasteiger partial charge is 0.246 e. The van der Waals surface area contributed by atoms with E-state index in [0.717, 1.165) is 24.0 Å². The number of carbonyl (C=O) groups excluding carboxylic acids is 5. The first-order valence-electron chi connectivity index (χ1n) is 16.3. The largest absolute Gasteiger partial charge is 0.494 e. The van der Waals surface area contributed by atoms with Crippen LogP contribution in [0.5, 0.6) is 11.5 Å². The monoisotopic (exact) mass is 715 g/mol. The van der Waals surface area contributed by atoms with Crippen LogP contribution in [-0.2, 0) is 36.8 Å². The van der Waals surface area contributed by atoms with Crippen LogP contribution < -0.4 is 9.47 Å². The van der Waals surface area contributed by atoms with Crippen molar-refractivity contribution in [1.82, 2.24) is 9.80 Å².